The molecular weight excluding hydrogens is 400 g/mol. The van der Waals surface area contributed by atoms with E-state index in [9.17, 15) is 9.59 Å². The normalized spacial score (nSPS) is 10.9. The van der Waals surface area contributed by atoms with E-state index in [1.54, 1.807) is 25.3 Å². The number of fused-ring (bicyclic) bond motifs is 1. The van der Waals surface area contributed by atoms with Crippen LogP contribution >= 0.6 is 0 Å². The van der Waals surface area contributed by atoms with Crippen molar-refractivity contribution in [3.05, 3.63) is 57.0 Å². The fourth-order valence-corrected chi connectivity index (χ4v) is 3.17. The summed E-state index contributed by atoms with van der Waals surface area (Å²) in [6, 6.07) is 5.05. The maximum Gasteiger partial charge on any atom is 0.333 e. The Labute approximate surface area is 180 Å². The summed E-state index contributed by atoms with van der Waals surface area (Å²) < 4.78 is 14.6. The van der Waals surface area contributed by atoms with Crippen LogP contribution in [0.2, 0.25) is 0 Å². The van der Waals surface area contributed by atoms with E-state index in [2.05, 4.69) is 4.98 Å². The van der Waals surface area contributed by atoms with Gasteiger partial charge in [-0.2, -0.15) is 4.73 Å². The quantitative estimate of drug-likeness (QED) is 0.487. The molecular formula is C22H28N4O5. The van der Waals surface area contributed by atoms with Crippen molar-refractivity contribution in [2.24, 2.45) is 0 Å². The summed E-state index contributed by atoms with van der Waals surface area (Å²) in [5, 5.41) is 0. The lowest BCUT2D eigenvalue weighted by Gasteiger charge is -2.13. The van der Waals surface area contributed by atoms with Gasteiger partial charge in [0.1, 0.15) is 6.33 Å². The van der Waals surface area contributed by atoms with Gasteiger partial charge in [-0.05, 0) is 32.4 Å². The molecule has 166 valence electrons. The van der Waals surface area contributed by atoms with Crippen molar-refractivity contribution >= 4 is 11.2 Å². The maximum absolute atomic E-state index is 13.2. The van der Waals surface area contributed by atoms with Gasteiger partial charge in [0.2, 0.25) is 0 Å². The molecule has 9 nitrogen and oxygen atoms in total. The number of aryl methyl sites for hydroxylation is 1. The van der Waals surface area contributed by atoms with Crippen LogP contribution in [0.15, 0.2) is 45.8 Å². The molecule has 2 aromatic heterocycles. The Kier molecular flexibility index (Phi) is 6.84. The molecule has 0 unspecified atom stereocenters. The molecule has 0 saturated heterocycles. The van der Waals surface area contributed by atoms with E-state index in [4.69, 9.17) is 14.3 Å². The van der Waals surface area contributed by atoms with Crippen molar-refractivity contribution in [1.82, 2.24) is 18.8 Å². The van der Waals surface area contributed by atoms with E-state index < -0.39 is 5.56 Å². The minimum Gasteiger partial charge on any atom is -0.493 e. The molecule has 9 heteroatoms. The molecule has 3 rings (SSSR count). The Morgan fingerprint density at radius 1 is 1.10 bits per heavy atom. The number of nitrogens with zero attached hydrogens (tertiary/aromatic N) is 4. The Hall–Kier alpha value is -3.49. The fourth-order valence-electron chi connectivity index (χ4n) is 3.17. The fraction of sp³-hybridized carbons (Fsp3) is 0.409. The van der Waals surface area contributed by atoms with Gasteiger partial charge in [0, 0.05) is 19.2 Å². The molecule has 0 saturated carbocycles. The van der Waals surface area contributed by atoms with E-state index >= 15 is 0 Å². The number of rotatable bonds is 9. The van der Waals surface area contributed by atoms with Crippen LogP contribution in [0.1, 0.15) is 33.6 Å². The highest BCUT2D eigenvalue weighted by Gasteiger charge is 2.19. The second-order valence-electron chi connectivity index (χ2n) is 7.34. The van der Waals surface area contributed by atoms with E-state index in [1.165, 1.54) is 27.3 Å². The monoisotopic (exact) mass is 428 g/mol. The first-order valence-electron chi connectivity index (χ1n) is 10.2. The van der Waals surface area contributed by atoms with Gasteiger partial charge in [-0.3, -0.25) is 13.9 Å². The third-order valence-electron chi connectivity index (χ3n) is 4.86. The SMILES string of the molecule is CCCCn1c(=O)n(CC=C(C)C)c(=O)c2c1ncn2Oc1ccc(OC)c(OC)c1. The van der Waals surface area contributed by atoms with Crippen molar-refractivity contribution < 1.29 is 14.3 Å². The molecule has 0 bridgehead atoms. The molecule has 0 aliphatic heterocycles. The number of unbranched alkanes of at least 4 members (excludes halogenated alkanes) is 1. The van der Waals surface area contributed by atoms with Crippen LogP contribution in [-0.4, -0.2) is 33.1 Å². The van der Waals surface area contributed by atoms with Crippen LogP contribution in [0.4, 0.5) is 0 Å². The van der Waals surface area contributed by atoms with Crippen molar-refractivity contribution in [3.8, 4) is 17.2 Å². The number of aromatic nitrogens is 4. The lowest BCUT2D eigenvalue weighted by molar-refractivity contribution is 0.224. The first-order valence-corrected chi connectivity index (χ1v) is 10.2. The standard InChI is InChI=1S/C22H28N4O5/c1-6-7-11-24-20-19(21(27)25(22(24)28)12-10-15(2)3)26(14-23-20)31-16-8-9-17(29-4)18(13-16)30-5/h8-10,13-14H,6-7,11-12H2,1-5H3. The summed E-state index contributed by atoms with van der Waals surface area (Å²) in [6.45, 7) is 6.53. The Balaban J connectivity index is 2.15. The van der Waals surface area contributed by atoms with Crippen molar-refractivity contribution in [2.45, 2.75) is 46.7 Å². The third kappa shape index (κ3) is 4.50. The van der Waals surface area contributed by atoms with E-state index in [0.717, 1.165) is 18.4 Å². The van der Waals surface area contributed by atoms with Crippen LogP contribution in [-0.2, 0) is 13.1 Å². The van der Waals surface area contributed by atoms with E-state index in [1.807, 2.05) is 26.8 Å². The average molecular weight is 428 g/mol. The topological polar surface area (TPSA) is 89.5 Å². The van der Waals surface area contributed by atoms with Crippen LogP contribution in [0.5, 0.6) is 17.2 Å². The summed E-state index contributed by atoms with van der Waals surface area (Å²) >= 11 is 0. The van der Waals surface area contributed by atoms with Gasteiger partial charge in [0.25, 0.3) is 5.56 Å². The number of methoxy groups -OCH3 is 2. The first kappa shape index (κ1) is 22.2. The molecule has 3 aromatic rings. The van der Waals surface area contributed by atoms with Crippen LogP contribution in [0.3, 0.4) is 0 Å². The van der Waals surface area contributed by atoms with Gasteiger partial charge < -0.3 is 14.3 Å². The van der Waals surface area contributed by atoms with Crippen molar-refractivity contribution in [3.63, 3.8) is 0 Å². The number of allylic oxidation sites excluding steroid dienone is 2. The smallest absolute Gasteiger partial charge is 0.333 e. The van der Waals surface area contributed by atoms with Gasteiger partial charge >= 0.3 is 5.69 Å². The predicted molar refractivity (Wildman–Crippen MR) is 118 cm³/mol. The molecule has 0 atom stereocenters. The second-order valence-corrected chi connectivity index (χ2v) is 7.34. The molecule has 1 aromatic carbocycles. The summed E-state index contributed by atoms with van der Waals surface area (Å²) in [7, 11) is 3.08. The number of hydrogen-bond donors (Lipinski definition) is 0. The molecule has 0 aliphatic carbocycles. The molecule has 2 heterocycles. The lowest BCUT2D eigenvalue weighted by atomic mass is 10.3. The molecule has 31 heavy (non-hydrogen) atoms. The molecule has 0 N–H and O–H groups in total. The molecule has 0 spiro atoms. The Morgan fingerprint density at radius 3 is 2.48 bits per heavy atom. The van der Waals surface area contributed by atoms with Crippen LogP contribution < -0.4 is 25.6 Å². The van der Waals surface area contributed by atoms with Gasteiger partial charge in [0.15, 0.2) is 28.4 Å². The molecule has 0 aliphatic rings. The zero-order chi connectivity index (χ0) is 22.5. The van der Waals surface area contributed by atoms with Crippen LogP contribution in [0.25, 0.3) is 11.2 Å². The zero-order valence-electron chi connectivity index (χ0n) is 18.5. The Bertz CT molecular complexity index is 1220. The third-order valence-corrected chi connectivity index (χ3v) is 4.86. The average Bonchev–Trinajstić information content (AvgIpc) is 3.16. The van der Waals surface area contributed by atoms with Gasteiger partial charge in [0.05, 0.1) is 14.2 Å². The van der Waals surface area contributed by atoms with Gasteiger partial charge in [-0.15, -0.1) is 0 Å². The Morgan fingerprint density at radius 2 is 1.84 bits per heavy atom. The maximum atomic E-state index is 13.2. The number of ether oxygens (including phenoxy) is 2. The minimum absolute atomic E-state index is 0.184. The van der Waals surface area contributed by atoms with E-state index in [0.29, 0.717) is 29.4 Å². The first-order chi connectivity index (χ1) is 14.9. The lowest BCUT2D eigenvalue weighted by Crippen LogP contribution is -2.40. The van der Waals surface area contributed by atoms with Gasteiger partial charge in [-0.1, -0.05) is 25.0 Å². The summed E-state index contributed by atoms with van der Waals surface area (Å²) in [5.41, 5.74) is 0.689. The second kappa shape index (κ2) is 9.55. The number of benzene rings is 1. The summed E-state index contributed by atoms with van der Waals surface area (Å²) in [6.07, 6.45) is 4.94. The predicted octanol–water partition coefficient (Wildman–Crippen LogP) is 2.99. The summed E-state index contributed by atoms with van der Waals surface area (Å²) in [4.78, 5) is 36.5. The molecule has 0 fully saturated rings. The summed E-state index contributed by atoms with van der Waals surface area (Å²) in [5.74, 6) is 1.48. The van der Waals surface area contributed by atoms with Crippen molar-refractivity contribution in [1.29, 1.82) is 0 Å². The minimum atomic E-state index is -0.455. The highest BCUT2D eigenvalue weighted by molar-refractivity contribution is 5.69. The van der Waals surface area contributed by atoms with Gasteiger partial charge in [-0.25, -0.2) is 9.78 Å². The number of hydrogen-bond acceptors (Lipinski definition) is 6. The molecule has 0 amide bonds. The zero-order valence-corrected chi connectivity index (χ0v) is 18.5. The highest BCUT2D eigenvalue weighted by Crippen LogP contribution is 2.31. The number of imidazole rings is 1. The highest BCUT2D eigenvalue weighted by atomic mass is 16.7. The largest absolute Gasteiger partial charge is 0.493 e. The molecule has 0 radical (unpaired) electrons. The van der Waals surface area contributed by atoms with E-state index in [-0.39, 0.29) is 17.8 Å². The van der Waals surface area contributed by atoms with Crippen LogP contribution in [0, 0.1) is 0 Å². The van der Waals surface area contributed by atoms with Crippen molar-refractivity contribution in [2.75, 3.05) is 14.2 Å².